The van der Waals surface area contributed by atoms with E-state index in [0.717, 1.165) is 53.3 Å². The molecule has 1 fully saturated rings. The topological polar surface area (TPSA) is 71.2 Å². The van der Waals surface area contributed by atoms with Crippen molar-refractivity contribution in [1.82, 2.24) is 20.1 Å². The number of nitrogens with two attached hydrogens (primary N) is 1. The van der Waals surface area contributed by atoms with Crippen molar-refractivity contribution in [3.05, 3.63) is 5.69 Å². The maximum atomic E-state index is 5.69. The average Bonchev–Trinajstić information content (AvgIpc) is 3.05. The second-order valence-corrected chi connectivity index (χ2v) is 6.85. The molecule has 0 aromatic carbocycles. The van der Waals surface area contributed by atoms with Crippen LogP contribution in [-0.2, 0) is 6.42 Å². The van der Waals surface area contributed by atoms with E-state index < -0.39 is 0 Å². The van der Waals surface area contributed by atoms with E-state index in [1.807, 2.05) is 0 Å². The first kappa shape index (κ1) is 13.7. The number of aryl methyl sites for hydroxylation is 1. The quantitative estimate of drug-likeness (QED) is 0.927. The zero-order valence-electron chi connectivity index (χ0n) is 11.7. The maximum Gasteiger partial charge on any atom is 0.203 e. The lowest BCUT2D eigenvalue weighted by Gasteiger charge is -2.32. The SMILES string of the molecule is CCc1nc(N2CCN(C)CC2)sc1-c1nnc(N)s1. The van der Waals surface area contributed by atoms with Gasteiger partial charge in [-0.1, -0.05) is 29.6 Å². The highest BCUT2D eigenvalue weighted by atomic mass is 32.1. The van der Waals surface area contributed by atoms with Crippen LogP contribution in [0.15, 0.2) is 0 Å². The third-order valence-electron chi connectivity index (χ3n) is 3.43. The molecule has 108 valence electrons. The van der Waals surface area contributed by atoms with Crippen LogP contribution < -0.4 is 10.6 Å². The number of piperazine rings is 1. The summed E-state index contributed by atoms with van der Waals surface area (Å²) in [5.41, 5.74) is 6.78. The minimum Gasteiger partial charge on any atom is -0.374 e. The monoisotopic (exact) mass is 310 g/mol. The van der Waals surface area contributed by atoms with Gasteiger partial charge in [0.1, 0.15) is 0 Å². The molecule has 6 nitrogen and oxygen atoms in total. The lowest BCUT2D eigenvalue weighted by atomic mass is 10.3. The van der Waals surface area contributed by atoms with Crippen molar-refractivity contribution in [2.75, 3.05) is 43.9 Å². The first-order chi connectivity index (χ1) is 9.67. The molecule has 20 heavy (non-hydrogen) atoms. The van der Waals surface area contributed by atoms with Gasteiger partial charge in [-0.3, -0.25) is 0 Å². The Morgan fingerprint density at radius 1 is 1.15 bits per heavy atom. The fourth-order valence-electron chi connectivity index (χ4n) is 2.21. The second-order valence-electron chi connectivity index (χ2n) is 4.86. The lowest BCUT2D eigenvalue weighted by molar-refractivity contribution is 0.312. The normalized spacial score (nSPS) is 16.8. The minimum absolute atomic E-state index is 0.511. The maximum absolute atomic E-state index is 5.69. The Hall–Kier alpha value is -1.25. The zero-order valence-corrected chi connectivity index (χ0v) is 13.3. The Bertz CT molecular complexity index is 585. The molecule has 2 aromatic rings. The number of hydrogen-bond acceptors (Lipinski definition) is 8. The standard InChI is InChI=1S/C12H18N6S2/c1-3-8-9(10-15-16-11(13)20-10)19-12(14-8)18-6-4-17(2)5-7-18/h3-7H2,1-2H3,(H2,13,16). The van der Waals surface area contributed by atoms with E-state index in [1.165, 1.54) is 11.3 Å². The molecule has 2 N–H and O–H groups in total. The number of rotatable bonds is 3. The summed E-state index contributed by atoms with van der Waals surface area (Å²) in [5.74, 6) is 0. The molecule has 0 bridgehead atoms. The fraction of sp³-hybridized carbons (Fsp3) is 0.583. The number of aromatic nitrogens is 3. The van der Waals surface area contributed by atoms with Gasteiger partial charge in [-0.05, 0) is 13.5 Å². The summed E-state index contributed by atoms with van der Waals surface area (Å²) in [6.45, 7) is 6.36. The van der Waals surface area contributed by atoms with Crippen molar-refractivity contribution in [3.63, 3.8) is 0 Å². The van der Waals surface area contributed by atoms with Gasteiger partial charge in [0.2, 0.25) is 5.13 Å². The van der Waals surface area contributed by atoms with Gasteiger partial charge in [0.25, 0.3) is 0 Å². The predicted molar refractivity (Wildman–Crippen MR) is 84.5 cm³/mol. The summed E-state index contributed by atoms with van der Waals surface area (Å²) in [4.78, 5) is 10.6. The largest absolute Gasteiger partial charge is 0.374 e. The van der Waals surface area contributed by atoms with Crippen LogP contribution in [0.4, 0.5) is 10.3 Å². The van der Waals surface area contributed by atoms with Crippen LogP contribution in [0.3, 0.4) is 0 Å². The Kier molecular flexibility index (Phi) is 3.86. The number of anilines is 2. The molecule has 0 radical (unpaired) electrons. The molecule has 1 saturated heterocycles. The van der Waals surface area contributed by atoms with Crippen molar-refractivity contribution in [1.29, 1.82) is 0 Å². The molecule has 3 heterocycles. The summed E-state index contributed by atoms with van der Waals surface area (Å²) in [5, 5.41) is 10.6. The number of nitrogen functional groups attached to an aromatic ring is 1. The van der Waals surface area contributed by atoms with Crippen molar-refractivity contribution in [2.24, 2.45) is 0 Å². The third kappa shape index (κ3) is 2.63. The molecule has 0 unspecified atom stereocenters. The number of likely N-dealkylation sites (N-methyl/N-ethyl adjacent to an activating group) is 1. The number of hydrogen-bond donors (Lipinski definition) is 1. The van der Waals surface area contributed by atoms with Crippen molar-refractivity contribution < 1.29 is 0 Å². The lowest BCUT2D eigenvalue weighted by Crippen LogP contribution is -2.44. The molecule has 2 aromatic heterocycles. The van der Waals surface area contributed by atoms with Crippen molar-refractivity contribution >= 4 is 32.9 Å². The molecule has 1 aliphatic rings. The van der Waals surface area contributed by atoms with Crippen LogP contribution in [0.25, 0.3) is 9.88 Å². The summed E-state index contributed by atoms with van der Waals surface area (Å²) in [6, 6.07) is 0. The summed E-state index contributed by atoms with van der Waals surface area (Å²) in [6.07, 6.45) is 0.902. The highest BCUT2D eigenvalue weighted by molar-refractivity contribution is 7.25. The van der Waals surface area contributed by atoms with Gasteiger partial charge in [-0.15, -0.1) is 10.2 Å². The van der Waals surface area contributed by atoms with Gasteiger partial charge in [-0.2, -0.15) is 0 Å². The molecule has 1 aliphatic heterocycles. The molecule has 0 spiro atoms. The van der Waals surface area contributed by atoms with E-state index in [1.54, 1.807) is 11.3 Å². The molecular formula is C12H18N6S2. The smallest absolute Gasteiger partial charge is 0.203 e. The minimum atomic E-state index is 0.511. The first-order valence-electron chi connectivity index (χ1n) is 6.70. The van der Waals surface area contributed by atoms with E-state index in [-0.39, 0.29) is 0 Å². The molecule has 0 aliphatic carbocycles. The van der Waals surface area contributed by atoms with Gasteiger partial charge in [0.15, 0.2) is 10.1 Å². The molecule has 0 amide bonds. The van der Waals surface area contributed by atoms with Crippen LogP contribution in [0.1, 0.15) is 12.6 Å². The average molecular weight is 310 g/mol. The van der Waals surface area contributed by atoms with E-state index in [2.05, 4.69) is 34.0 Å². The molecule has 0 saturated carbocycles. The summed E-state index contributed by atoms with van der Waals surface area (Å²) >= 11 is 3.14. The molecule has 0 atom stereocenters. The van der Waals surface area contributed by atoms with Crippen LogP contribution >= 0.6 is 22.7 Å². The van der Waals surface area contributed by atoms with E-state index in [0.29, 0.717) is 5.13 Å². The molecule has 3 rings (SSSR count). The Balaban J connectivity index is 1.88. The third-order valence-corrected chi connectivity index (χ3v) is 5.49. The summed E-state index contributed by atoms with van der Waals surface area (Å²) < 4.78 is 0. The van der Waals surface area contributed by atoms with Crippen LogP contribution in [0.2, 0.25) is 0 Å². The van der Waals surface area contributed by atoms with Gasteiger partial charge >= 0.3 is 0 Å². The number of nitrogens with zero attached hydrogens (tertiary/aromatic N) is 5. The van der Waals surface area contributed by atoms with Gasteiger partial charge < -0.3 is 15.5 Å². The number of thiazole rings is 1. The first-order valence-corrected chi connectivity index (χ1v) is 8.33. The van der Waals surface area contributed by atoms with Crippen LogP contribution in [-0.4, -0.2) is 53.3 Å². The van der Waals surface area contributed by atoms with E-state index in [9.17, 15) is 0 Å². The van der Waals surface area contributed by atoms with Crippen molar-refractivity contribution in [3.8, 4) is 9.88 Å². The fourth-order valence-corrected chi connectivity index (χ4v) is 4.11. The summed E-state index contributed by atoms with van der Waals surface area (Å²) in [7, 11) is 2.16. The highest BCUT2D eigenvalue weighted by Crippen LogP contribution is 2.37. The Morgan fingerprint density at radius 2 is 1.90 bits per heavy atom. The van der Waals surface area contributed by atoms with Gasteiger partial charge in [0.05, 0.1) is 10.6 Å². The van der Waals surface area contributed by atoms with Gasteiger partial charge in [-0.25, -0.2) is 4.98 Å². The molecular weight excluding hydrogens is 292 g/mol. The van der Waals surface area contributed by atoms with E-state index >= 15 is 0 Å². The second kappa shape index (κ2) is 5.63. The molecule has 8 heteroatoms. The zero-order chi connectivity index (χ0) is 14.1. The van der Waals surface area contributed by atoms with Crippen LogP contribution in [0, 0.1) is 0 Å². The van der Waals surface area contributed by atoms with E-state index in [4.69, 9.17) is 10.7 Å². The van der Waals surface area contributed by atoms with Crippen molar-refractivity contribution in [2.45, 2.75) is 13.3 Å². The predicted octanol–water partition coefficient (Wildman–Crippen LogP) is 1.56. The Morgan fingerprint density at radius 3 is 2.50 bits per heavy atom. The Labute approximate surface area is 126 Å². The van der Waals surface area contributed by atoms with Crippen LogP contribution in [0.5, 0.6) is 0 Å². The van der Waals surface area contributed by atoms with Gasteiger partial charge in [0, 0.05) is 26.2 Å². The highest BCUT2D eigenvalue weighted by Gasteiger charge is 2.21.